The van der Waals surface area contributed by atoms with E-state index in [1.54, 1.807) is 0 Å². The highest BCUT2D eigenvalue weighted by molar-refractivity contribution is 7.85. The average molecular weight is 616 g/mol. The molecule has 9 nitrogen and oxygen atoms in total. The van der Waals surface area contributed by atoms with Crippen LogP contribution in [0.15, 0.2) is 0 Å². The highest BCUT2D eigenvalue weighted by Gasteiger charge is 2.65. The number of nitrogens with one attached hydrogen (secondary N) is 1. The highest BCUT2D eigenvalue weighted by atomic mass is 32.2. The smallest absolute Gasteiger partial charge is 0.265 e. The van der Waals surface area contributed by atoms with Gasteiger partial charge in [-0.25, -0.2) is 0 Å². The van der Waals surface area contributed by atoms with Crippen molar-refractivity contribution in [3.8, 4) is 0 Å². The van der Waals surface area contributed by atoms with Gasteiger partial charge in [-0.2, -0.15) is 8.42 Å². The normalized spacial score (nSPS) is 41.0. The molecule has 4 rings (SSSR count). The zero-order chi connectivity index (χ0) is 31.1. The van der Waals surface area contributed by atoms with Crippen LogP contribution in [0.1, 0.15) is 91.4 Å². The van der Waals surface area contributed by atoms with Crippen molar-refractivity contribution in [2.24, 2.45) is 46.3 Å². The molecule has 0 bridgehead atoms. The van der Waals surface area contributed by atoms with Gasteiger partial charge in [-0.05, 0) is 97.7 Å². The van der Waals surface area contributed by atoms with Gasteiger partial charge in [0.2, 0.25) is 5.91 Å². The Kier molecular flexibility index (Phi) is 10.5. The molecule has 0 aromatic rings. The number of hydrogen-bond acceptors (Lipinski definition) is 6. The molecule has 0 aromatic heterocycles. The van der Waals surface area contributed by atoms with Crippen molar-refractivity contribution in [3.05, 3.63) is 0 Å². The maximum Gasteiger partial charge on any atom is 0.265 e. The summed E-state index contributed by atoms with van der Waals surface area (Å²) in [6.07, 6.45) is 7.47. The van der Waals surface area contributed by atoms with E-state index in [4.69, 9.17) is 4.55 Å². The molecule has 4 fully saturated rings. The predicted molar refractivity (Wildman–Crippen MR) is 163 cm³/mol. The number of carbonyl (C=O) groups is 1. The van der Waals surface area contributed by atoms with Crippen LogP contribution in [-0.2, 0) is 14.9 Å². The van der Waals surface area contributed by atoms with Crippen LogP contribution in [0, 0.1) is 46.3 Å². The molecule has 0 unspecified atom stereocenters. The van der Waals surface area contributed by atoms with Crippen LogP contribution >= 0.6 is 0 Å². The molecule has 4 aliphatic rings. The van der Waals surface area contributed by atoms with Gasteiger partial charge in [-0.15, -0.1) is 0 Å². The predicted octanol–water partition coefficient (Wildman–Crippen LogP) is 3.22. The van der Waals surface area contributed by atoms with Crippen molar-refractivity contribution in [2.75, 3.05) is 39.5 Å². The number of fused-ring (bicyclic) bond motifs is 5. The van der Waals surface area contributed by atoms with Crippen LogP contribution < -0.4 is 5.32 Å². The number of nitrogens with zero attached hydrogens (tertiary/aromatic N) is 1. The largest absolute Gasteiger partial charge is 0.393 e. The first-order chi connectivity index (χ1) is 19.5. The molecule has 4 aliphatic carbocycles. The Balaban J connectivity index is 1.27. The van der Waals surface area contributed by atoms with Crippen molar-refractivity contribution >= 4 is 16.0 Å². The Bertz CT molecular complexity index is 1050. The first-order valence-electron chi connectivity index (χ1n) is 16.6. The van der Waals surface area contributed by atoms with Crippen molar-refractivity contribution < 1.29 is 37.6 Å². The van der Waals surface area contributed by atoms with Gasteiger partial charge in [0.25, 0.3) is 10.1 Å². The number of quaternary nitrogens is 1. The minimum absolute atomic E-state index is 0.0450. The minimum atomic E-state index is -3.93. The summed E-state index contributed by atoms with van der Waals surface area (Å²) in [5.74, 6) is 1.52. The van der Waals surface area contributed by atoms with E-state index in [0.717, 1.165) is 64.3 Å². The standard InChI is InChI=1S/C32H58N2O7S/c1-21(8-11-29(38)33-14-6-15-34(4,5)16-7-17-42(39,40)41)24-9-10-25-30-26(20-28(37)32(24,25)3)31(2)13-12-23(35)18-22(31)19-27(30)36/h21-28,30,35-37H,6-20H2,1-5H3,(H-,33,38,39,40,41)/p+1/t21-,22+,23-,24-,25+,26+,27-,28+,30+,31+,32-/m1/s1. The Morgan fingerprint density at radius 2 is 1.69 bits per heavy atom. The van der Waals surface area contributed by atoms with E-state index in [1.165, 1.54) is 0 Å². The summed E-state index contributed by atoms with van der Waals surface area (Å²) < 4.78 is 31.5. The molecule has 11 atom stereocenters. The second-order valence-electron chi connectivity index (χ2n) is 15.8. The van der Waals surface area contributed by atoms with Crippen LogP contribution in [0.3, 0.4) is 0 Å². The van der Waals surface area contributed by atoms with Gasteiger partial charge in [0.15, 0.2) is 0 Å². The molecule has 0 aliphatic heterocycles. The van der Waals surface area contributed by atoms with E-state index in [-0.39, 0.29) is 52.5 Å². The van der Waals surface area contributed by atoms with E-state index in [9.17, 15) is 28.5 Å². The summed E-state index contributed by atoms with van der Waals surface area (Å²) in [7, 11) is 0.114. The molecular formula is C32H59N2O7S+. The molecule has 1 amide bonds. The second-order valence-corrected chi connectivity index (χ2v) is 17.3. The molecule has 0 heterocycles. The minimum Gasteiger partial charge on any atom is -0.393 e. The Morgan fingerprint density at radius 3 is 2.38 bits per heavy atom. The number of hydrogen-bond donors (Lipinski definition) is 5. The topological polar surface area (TPSA) is 144 Å². The van der Waals surface area contributed by atoms with Gasteiger partial charge in [0.1, 0.15) is 0 Å². The van der Waals surface area contributed by atoms with Gasteiger partial charge < -0.3 is 25.1 Å². The lowest BCUT2D eigenvalue weighted by atomic mass is 9.43. The maximum atomic E-state index is 12.7. The van der Waals surface area contributed by atoms with E-state index >= 15 is 0 Å². The van der Waals surface area contributed by atoms with Crippen molar-refractivity contribution in [3.63, 3.8) is 0 Å². The Labute approximate surface area is 254 Å². The third-order valence-corrected chi connectivity index (χ3v) is 13.6. The molecule has 0 spiro atoms. The molecule has 0 radical (unpaired) electrons. The number of carbonyl (C=O) groups excluding carboxylic acids is 1. The lowest BCUT2D eigenvalue weighted by Crippen LogP contribution is -2.62. The fraction of sp³-hybridized carbons (Fsp3) is 0.969. The Morgan fingerprint density at radius 1 is 1.00 bits per heavy atom. The van der Waals surface area contributed by atoms with E-state index in [0.29, 0.717) is 48.2 Å². The average Bonchev–Trinajstić information content (AvgIpc) is 3.24. The first-order valence-corrected chi connectivity index (χ1v) is 18.2. The van der Waals surface area contributed by atoms with Crippen molar-refractivity contribution in [1.29, 1.82) is 0 Å². The molecule has 244 valence electrons. The second kappa shape index (κ2) is 12.9. The van der Waals surface area contributed by atoms with Gasteiger partial charge in [-0.3, -0.25) is 9.35 Å². The summed E-state index contributed by atoms with van der Waals surface area (Å²) in [5, 5.41) is 36.6. The van der Waals surface area contributed by atoms with E-state index < -0.39 is 16.2 Å². The summed E-state index contributed by atoms with van der Waals surface area (Å²) >= 11 is 0. The molecular weight excluding hydrogens is 556 g/mol. The molecule has 5 N–H and O–H groups in total. The summed E-state index contributed by atoms with van der Waals surface area (Å²) in [6, 6.07) is 0. The van der Waals surface area contributed by atoms with Gasteiger partial charge >= 0.3 is 0 Å². The van der Waals surface area contributed by atoms with Gasteiger partial charge in [-0.1, -0.05) is 20.8 Å². The summed E-state index contributed by atoms with van der Waals surface area (Å²) in [4.78, 5) is 12.7. The Hall–Kier alpha value is -0.780. The molecule has 0 aromatic carbocycles. The van der Waals surface area contributed by atoms with Crippen LogP contribution in [0.5, 0.6) is 0 Å². The lowest BCUT2D eigenvalue weighted by molar-refractivity contribution is -0.890. The van der Waals surface area contributed by atoms with Gasteiger partial charge in [0.05, 0.1) is 51.2 Å². The molecule has 10 heteroatoms. The zero-order valence-corrected chi connectivity index (χ0v) is 27.5. The molecule has 42 heavy (non-hydrogen) atoms. The van der Waals surface area contributed by atoms with E-state index in [1.807, 2.05) is 14.1 Å². The van der Waals surface area contributed by atoms with Crippen LogP contribution in [0.25, 0.3) is 0 Å². The fourth-order valence-electron chi connectivity index (χ4n) is 10.3. The van der Waals surface area contributed by atoms with Crippen LogP contribution in [0.2, 0.25) is 0 Å². The monoisotopic (exact) mass is 615 g/mol. The third kappa shape index (κ3) is 7.20. The first kappa shape index (κ1) is 34.1. The van der Waals surface area contributed by atoms with E-state index in [2.05, 4.69) is 26.1 Å². The van der Waals surface area contributed by atoms with Gasteiger partial charge in [0, 0.05) is 25.8 Å². The SMILES string of the molecule is C[C@H](CCC(=O)NCCC[N+](C)(C)CCCS(=O)(=O)O)[C@H]1CC[C@H]2[C@@H]3[C@H](O)C[C@@H]4C[C@H](O)CC[C@]4(C)[C@H]3C[C@H](O)[C@]12C. The number of amides is 1. The zero-order valence-electron chi connectivity index (χ0n) is 26.7. The number of aliphatic hydroxyl groups excluding tert-OH is 3. The van der Waals surface area contributed by atoms with Crippen molar-refractivity contribution in [2.45, 2.75) is 110 Å². The highest BCUT2D eigenvalue weighted by Crippen LogP contribution is 2.68. The van der Waals surface area contributed by atoms with Crippen LogP contribution in [-0.4, -0.2) is 96.5 Å². The number of rotatable bonds is 12. The quantitative estimate of drug-likeness (QED) is 0.129. The maximum absolute atomic E-state index is 12.7. The summed E-state index contributed by atoms with van der Waals surface area (Å²) in [6.45, 7) is 8.87. The van der Waals surface area contributed by atoms with Crippen LogP contribution in [0.4, 0.5) is 0 Å². The molecule has 0 saturated heterocycles. The fourth-order valence-corrected chi connectivity index (χ4v) is 10.8. The molecule has 4 saturated carbocycles. The third-order valence-electron chi connectivity index (χ3n) is 12.8. The summed E-state index contributed by atoms with van der Waals surface area (Å²) in [5.41, 5.74) is -0.185. The van der Waals surface area contributed by atoms with Crippen molar-refractivity contribution in [1.82, 2.24) is 5.32 Å². The lowest BCUT2D eigenvalue weighted by Gasteiger charge is -2.63. The number of aliphatic hydroxyl groups is 3.